The maximum atomic E-state index is 4.66. The molecule has 0 saturated heterocycles. The van der Waals surface area contributed by atoms with Gasteiger partial charge in [-0.15, -0.1) is 0 Å². The van der Waals surface area contributed by atoms with Crippen molar-refractivity contribution in [3.05, 3.63) is 42.6 Å². The Labute approximate surface area is 123 Å². The molecule has 0 spiro atoms. The van der Waals surface area contributed by atoms with Crippen LogP contribution in [0.15, 0.2) is 42.6 Å². The second-order valence-corrected chi connectivity index (χ2v) is 5.63. The number of imidazole rings is 1. The zero-order valence-electron chi connectivity index (χ0n) is 11.8. The summed E-state index contributed by atoms with van der Waals surface area (Å²) in [4.78, 5) is 12.4. The number of nitrogens with one attached hydrogen (secondary N) is 2. The number of nitrogens with zero attached hydrogens (tertiary/aromatic N) is 2. The van der Waals surface area contributed by atoms with Crippen LogP contribution < -0.4 is 5.32 Å². The van der Waals surface area contributed by atoms with Crippen LogP contribution in [0.4, 0.5) is 5.69 Å². The van der Waals surface area contributed by atoms with Gasteiger partial charge in [-0.2, -0.15) is 0 Å². The third kappa shape index (κ3) is 2.37. The molecule has 0 atom stereocenters. The number of fused-ring (bicyclic) bond motifs is 1. The SMILES string of the molecule is c1ccc(-c2nc3cccc(NC4CCCC4)c3[nH]2)nc1. The lowest BCUT2D eigenvalue weighted by Crippen LogP contribution is -2.14. The number of hydrogen-bond donors (Lipinski definition) is 2. The first kappa shape index (κ1) is 12.4. The van der Waals surface area contributed by atoms with E-state index in [0.717, 1.165) is 28.2 Å². The molecule has 0 unspecified atom stereocenters. The van der Waals surface area contributed by atoms with Crippen molar-refractivity contribution >= 4 is 16.7 Å². The summed E-state index contributed by atoms with van der Waals surface area (Å²) in [6.07, 6.45) is 6.97. The molecule has 1 aromatic carbocycles. The highest BCUT2D eigenvalue weighted by Crippen LogP contribution is 2.28. The van der Waals surface area contributed by atoms with Crippen molar-refractivity contribution in [2.45, 2.75) is 31.7 Å². The van der Waals surface area contributed by atoms with Gasteiger partial charge in [-0.3, -0.25) is 4.98 Å². The van der Waals surface area contributed by atoms with Gasteiger partial charge in [0.25, 0.3) is 0 Å². The molecule has 0 amide bonds. The number of pyridine rings is 1. The second-order valence-electron chi connectivity index (χ2n) is 5.63. The second kappa shape index (κ2) is 5.20. The van der Waals surface area contributed by atoms with E-state index in [1.807, 2.05) is 24.3 Å². The summed E-state index contributed by atoms with van der Waals surface area (Å²) in [6, 6.07) is 12.7. The minimum Gasteiger partial charge on any atom is -0.381 e. The molecule has 106 valence electrons. The topological polar surface area (TPSA) is 53.6 Å². The molecule has 3 aromatic rings. The van der Waals surface area contributed by atoms with Crippen LogP contribution in [-0.2, 0) is 0 Å². The molecule has 2 aromatic heterocycles. The summed E-state index contributed by atoms with van der Waals surface area (Å²) in [7, 11) is 0. The maximum Gasteiger partial charge on any atom is 0.157 e. The Morgan fingerprint density at radius 3 is 2.76 bits per heavy atom. The van der Waals surface area contributed by atoms with Crippen LogP contribution in [0.3, 0.4) is 0 Å². The normalized spacial score (nSPS) is 15.6. The Hall–Kier alpha value is -2.36. The average Bonchev–Trinajstić information content (AvgIpc) is 3.17. The number of aromatic nitrogens is 3. The molecule has 2 N–H and O–H groups in total. The van der Waals surface area contributed by atoms with Gasteiger partial charge < -0.3 is 10.3 Å². The zero-order chi connectivity index (χ0) is 14.1. The van der Waals surface area contributed by atoms with Gasteiger partial charge in [-0.05, 0) is 37.1 Å². The quantitative estimate of drug-likeness (QED) is 0.762. The predicted molar refractivity (Wildman–Crippen MR) is 85.2 cm³/mol. The number of hydrogen-bond acceptors (Lipinski definition) is 3. The highest BCUT2D eigenvalue weighted by Gasteiger charge is 2.16. The lowest BCUT2D eigenvalue weighted by Gasteiger charge is -2.13. The summed E-state index contributed by atoms with van der Waals surface area (Å²) in [6.45, 7) is 0. The minimum absolute atomic E-state index is 0.595. The van der Waals surface area contributed by atoms with Crippen LogP contribution in [-0.4, -0.2) is 21.0 Å². The summed E-state index contributed by atoms with van der Waals surface area (Å²) in [5.74, 6) is 0.825. The smallest absolute Gasteiger partial charge is 0.157 e. The van der Waals surface area contributed by atoms with E-state index in [1.54, 1.807) is 6.20 Å². The Morgan fingerprint density at radius 2 is 1.95 bits per heavy atom. The highest BCUT2D eigenvalue weighted by atomic mass is 15.0. The summed E-state index contributed by atoms with van der Waals surface area (Å²) >= 11 is 0. The molecule has 0 aliphatic heterocycles. The number of anilines is 1. The fourth-order valence-corrected chi connectivity index (χ4v) is 3.07. The van der Waals surface area contributed by atoms with Crippen LogP contribution in [0, 0.1) is 0 Å². The zero-order valence-corrected chi connectivity index (χ0v) is 11.8. The maximum absolute atomic E-state index is 4.66. The van der Waals surface area contributed by atoms with Crippen molar-refractivity contribution in [1.82, 2.24) is 15.0 Å². The third-order valence-corrected chi connectivity index (χ3v) is 4.14. The third-order valence-electron chi connectivity index (χ3n) is 4.14. The molecule has 0 bridgehead atoms. The fourth-order valence-electron chi connectivity index (χ4n) is 3.07. The van der Waals surface area contributed by atoms with Gasteiger partial charge >= 0.3 is 0 Å². The highest BCUT2D eigenvalue weighted by molar-refractivity contribution is 5.90. The first-order chi connectivity index (χ1) is 10.4. The summed E-state index contributed by atoms with van der Waals surface area (Å²) < 4.78 is 0. The molecule has 21 heavy (non-hydrogen) atoms. The molecular formula is C17H18N4. The summed E-state index contributed by atoms with van der Waals surface area (Å²) in [5, 5.41) is 3.66. The van der Waals surface area contributed by atoms with Crippen LogP contribution in [0.25, 0.3) is 22.6 Å². The van der Waals surface area contributed by atoms with Crippen molar-refractivity contribution in [1.29, 1.82) is 0 Å². The molecule has 1 saturated carbocycles. The molecule has 1 fully saturated rings. The Bertz CT molecular complexity index is 742. The van der Waals surface area contributed by atoms with Gasteiger partial charge in [-0.1, -0.05) is 25.0 Å². The number of para-hydroxylation sites is 1. The van der Waals surface area contributed by atoms with Crippen LogP contribution in [0.1, 0.15) is 25.7 Å². The van der Waals surface area contributed by atoms with Crippen molar-refractivity contribution in [2.75, 3.05) is 5.32 Å². The van der Waals surface area contributed by atoms with Gasteiger partial charge in [0.15, 0.2) is 5.82 Å². The monoisotopic (exact) mass is 278 g/mol. The van der Waals surface area contributed by atoms with Crippen LogP contribution in [0.5, 0.6) is 0 Å². The van der Waals surface area contributed by atoms with Crippen LogP contribution in [0.2, 0.25) is 0 Å². The number of H-pyrrole nitrogens is 1. The van der Waals surface area contributed by atoms with E-state index in [4.69, 9.17) is 0 Å². The molecular weight excluding hydrogens is 260 g/mol. The van der Waals surface area contributed by atoms with Crippen molar-refractivity contribution in [3.8, 4) is 11.5 Å². The van der Waals surface area contributed by atoms with E-state index in [0.29, 0.717) is 6.04 Å². The number of aromatic amines is 1. The van der Waals surface area contributed by atoms with Gasteiger partial charge in [0.1, 0.15) is 5.69 Å². The molecule has 1 aliphatic rings. The largest absolute Gasteiger partial charge is 0.381 e. The van der Waals surface area contributed by atoms with Crippen LogP contribution >= 0.6 is 0 Å². The number of rotatable bonds is 3. The molecule has 2 heterocycles. The first-order valence-corrected chi connectivity index (χ1v) is 7.57. The summed E-state index contributed by atoms with van der Waals surface area (Å²) in [5.41, 5.74) is 4.08. The predicted octanol–water partition coefficient (Wildman–Crippen LogP) is 3.98. The van der Waals surface area contributed by atoms with Crippen molar-refractivity contribution < 1.29 is 0 Å². The van der Waals surface area contributed by atoms with Gasteiger partial charge in [0.05, 0.1) is 16.7 Å². The standard InChI is InChI=1S/C17H18N4/c1-2-7-12(6-1)19-13-9-5-10-14-16(13)21-17(20-14)15-8-3-4-11-18-15/h3-5,8-12,19H,1-2,6-7H2,(H,20,21). The molecule has 4 rings (SSSR count). The van der Waals surface area contributed by atoms with E-state index in [9.17, 15) is 0 Å². The lowest BCUT2D eigenvalue weighted by molar-refractivity contribution is 0.756. The molecule has 1 aliphatic carbocycles. The van der Waals surface area contributed by atoms with Crippen molar-refractivity contribution in [2.24, 2.45) is 0 Å². The van der Waals surface area contributed by atoms with Gasteiger partial charge in [0, 0.05) is 12.2 Å². The molecule has 4 heteroatoms. The molecule has 0 radical (unpaired) electrons. The Balaban J connectivity index is 1.73. The number of benzene rings is 1. The Morgan fingerprint density at radius 1 is 1.05 bits per heavy atom. The van der Waals surface area contributed by atoms with E-state index in [2.05, 4.69) is 32.4 Å². The lowest BCUT2D eigenvalue weighted by atomic mass is 10.2. The molecule has 4 nitrogen and oxygen atoms in total. The van der Waals surface area contributed by atoms with Crippen molar-refractivity contribution in [3.63, 3.8) is 0 Å². The first-order valence-electron chi connectivity index (χ1n) is 7.57. The van der Waals surface area contributed by atoms with Gasteiger partial charge in [0.2, 0.25) is 0 Å². The van der Waals surface area contributed by atoms with Gasteiger partial charge in [-0.25, -0.2) is 4.98 Å². The Kier molecular flexibility index (Phi) is 3.07. The van der Waals surface area contributed by atoms with E-state index in [-0.39, 0.29) is 0 Å². The average molecular weight is 278 g/mol. The fraction of sp³-hybridized carbons (Fsp3) is 0.294. The van der Waals surface area contributed by atoms with E-state index >= 15 is 0 Å². The van der Waals surface area contributed by atoms with E-state index in [1.165, 1.54) is 25.7 Å². The minimum atomic E-state index is 0.595. The van der Waals surface area contributed by atoms with E-state index < -0.39 is 0 Å².